The normalized spacial score (nSPS) is 15.0. The SMILES string of the molecule is Cc1cc(OC2CN(C(=O)/C=C/c3cccs3)C2)cc(=O)o1. The summed E-state index contributed by atoms with van der Waals surface area (Å²) in [4.78, 5) is 26.0. The van der Waals surface area contributed by atoms with Crippen LogP contribution in [0.15, 0.2) is 44.9 Å². The van der Waals surface area contributed by atoms with Crippen molar-refractivity contribution in [2.75, 3.05) is 13.1 Å². The van der Waals surface area contributed by atoms with Crippen molar-refractivity contribution in [2.24, 2.45) is 0 Å². The molecule has 0 N–H and O–H groups in total. The van der Waals surface area contributed by atoms with Crippen LogP contribution in [-0.4, -0.2) is 30.0 Å². The molecule has 5 nitrogen and oxygen atoms in total. The van der Waals surface area contributed by atoms with Gasteiger partial charge in [0.2, 0.25) is 5.91 Å². The molecule has 1 fully saturated rings. The topological polar surface area (TPSA) is 59.8 Å². The van der Waals surface area contributed by atoms with Gasteiger partial charge in [0.1, 0.15) is 17.6 Å². The number of likely N-dealkylation sites (tertiary alicyclic amines) is 1. The van der Waals surface area contributed by atoms with Gasteiger partial charge < -0.3 is 14.1 Å². The Bertz CT molecular complexity index is 742. The zero-order valence-corrected chi connectivity index (χ0v) is 12.8. The monoisotopic (exact) mass is 317 g/mol. The largest absolute Gasteiger partial charge is 0.486 e. The zero-order chi connectivity index (χ0) is 15.5. The molecule has 0 radical (unpaired) electrons. The molecule has 2 aromatic rings. The molecule has 1 aliphatic rings. The fourth-order valence-electron chi connectivity index (χ4n) is 2.17. The average Bonchev–Trinajstić information content (AvgIpc) is 2.92. The van der Waals surface area contributed by atoms with Gasteiger partial charge in [-0.3, -0.25) is 4.79 Å². The van der Waals surface area contributed by atoms with Crippen LogP contribution in [0.5, 0.6) is 5.75 Å². The van der Waals surface area contributed by atoms with E-state index in [9.17, 15) is 9.59 Å². The minimum Gasteiger partial charge on any atom is -0.486 e. The van der Waals surface area contributed by atoms with E-state index in [0.717, 1.165) is 4.88 Å². The third-order valence-electron chi connectivity index (χ3n) is 3.26. The van der Waals surface area contributed by atoms with Crippen LogP contribution < -0.4 is 10.4 Å². The van der Waals surface area contributed by atoms with Crippen molar-refractivity contribution in [1.82, 2.24) is 4.90 Å². The maximum atomic E-state index is 11.9. The Labute approximate surface area is 131 Å². The summed E-state index contributed by atoms with van der Waals surface area (Å²) in [5, 5.41) is 1.97. The summed E-state index contributed by atoms with van der Waals surface area (Å²) in [7, 11) is 0. The van der Waals surface area contributed by atoms with Crippen LogP contribution in [0.2, 0.25) is 0 Å². The van der Waals surface area contributed by atoms with Crippen molar-refractivity contribution in [3.8, 4) is 5.75 Å². The molecular formula is C16H15NO4S. The molecule has 1 aliphatic heterocycles. The van der Waals surface area contributed by atoms with E-state index in [1.165, 1.54) is 6.07 Å². The molecule has 22 heavy (non-hydrogen) atoms. The number of aryl methyl sites for hydroxylation is 1. The predicted molar refractivity (Wildman–Crippen MR) is 84.1 cm³/mol. The minimum absolute atomic E-state index is 0.0305. The van der Waals surface area contributed by atoms with Crippen LogP contribution in [0.25, 0.3) is 6.08 Å². The summed E-state index contributed by atoms with van der Waals surface area (Å²) in [5.74, 6) is 0.964. The molecule has 0 saturated carbocycles. The maximum Gasteiger partial charge on any atom is 0.339 e. The van der Waals surface area contributed by atoms with Crippen LogP contribution in [-0.2, 0) is 4.79 Å². The molecule has 1 saturated heterocycles. The Morgan fingerprint density at radius 2 is 2.27 bits per heavy atom. The number of hydrogen-bond donors (Lipinski definition) is 0. The molecule has 6 heteroatoms. The molecule has 2 aromatic heterocycles. The van der Waals surface area contributed by atoms with Crippen molar-refractivity contribution in [3.63, 3.8) is 0 Å². The zero-order valence-electron chi connectivity index (χ0n) is 12.0. The summed E-state index contributed by atoms with van der Waals surface area (Å²) in [5.41, 5.74) is -0.430. The van der Waals surface area contributed by atoms with Gasteiger partial charge in [0, 0.05) is 17.0 Å². The van der Waals surface area contributed by atoms with Crippen molar-refractivity contribution in [3.05, 3.63) is 56.8 Å². The Kier molecular flexibility index (Phi) is 4.11. The third-order valence-corrected chi connectivity index (χ3v) is 4.10. The summed E-state index contributed by atoms with van der Waals surface area (Å²) in [6.07, 6.45) is 3.30. The maximum absolute atomic E-state index is 11.9. The van der Waals surface area contributed by atoms with Gasteiger partial charge in [-0.15, -0.1) is 11.3 Å². The molecule has 0 bridgehead atoms. The van der Waals surface area contributed by atoms with Crippen molar-refractivity contribution < 1.29 is 13.9 Å². The van der Waals surface area contributed by atoms with Crippen LogP contribution in [0.3, 0.4) is 0 Å². The van der Waals surface area contributed by atoms with Crippen LogP contribution in [0.1, 0.15) is 10.6 Å². The molecular weight excluding hydrogens is 302 g/mol. The van der Waals surface area contributed by atoms with Gasteiger partial charge in [-0.05, 0) is 24.4 Å². The van der Waals surface area contributed by atoms with E-state index in [-0.39, 0.29) is 12.0 Å². The quantitative estimate of drug-likeness (QED) is 0.812. The first kappa shape index (κ1) is 14.6. The standard InChI is InChI=1S/C16H15NO4S/c1-11-7-12(8-16(19)20-11)21-13-9-17(10-13)15(18)5-4-14-3-2-6-22-14/h2-8,13H,9-10H2,1H3/b5-4+. The van der Waals surface area contributed by atoms with E-state index in [2.05, 4.69) is 0 Å². The van der Waals surface area contributed by atoms with E-state index < -0.39 is 5.63 Å². The fraction of sp³-hybridized carbons (Fsp3) is 0.250. The molecule has 1 amide bonds. The summed E-state index contributed by atoms with van der Waals surface area (Å²) in [6.45, 7) is 2.74. The lowest BCUT2D eigenvalue weighted by atomic mass is 10.1. The van der Waals surface area contributed by atoms with E-state index in [4.69, 9.17) is 9.15 Å². The van der Waals surface area contributed by atoms with Gasteiger partial charge in [-0.1, -0.05) is 6.07 Å². The number of amides is 1. The van der Waals surface area contributed by atoms with Crippen molar-refractivity contribution in [2.45, 2.75) is 13.0 Å². The average molecular weight is 317 g/mol. The van der Waals surface area contributed by atoms with Gasteiger partial charge in [0.05, 0.1) is 19.2 Å². The van der Waals surface area contributed by atoms with Crippen molar-refractivity contribution in [1.29, 1.82) is 0 Å². The summed E-state index contributed by atoms with van der Waals surface area (Å²) < 4.78 is 10.5. The Balaban J connectivity index is 1.51. The highest BCUT2D eigenvalue weighted by molar-refractivity contribution is 7.10. The lowest BCUT2D eigenvalue weighted by molar-refractivity contribution is -0.134. The van der Waals surface area contributed by atoms with Gasteiger partial charge in [0.25, 0.3) is 0 Å². The Morgan fingerprint density at radius 1 is 1.45 bits per heavy atom. The second-order valence-corrected chi connectivity index (χ2v) is 6.03. The minimum atomic E-state index is -0.430. The molecule has 0 aromatic carbocycles. The Hall–Kier alpha value is -2.34. The van der Waals surface area contributed by atoms with Gasteiger partial charge in [-0.2, -0.15) is 0 Å². The van der Waals surface area contributed by atoms with Gasteiger partial charge >= 0.3 is 5.63 Å². The third kappa shape index (κ3) is 3.46. The fourth-order valence-corrected chi connectivity index (χ4v) is 2.79. The Morgan fingerprint density at radius 3 is 2.95 bits per heavy atom. The second-order valence-electron chi connectivity index (χ2n) is 5.05. The molecule has 114 valence electrons. The number of rotatable bonds is 4. The lowest BCUT2D eigenvalue weighted by Gasteiger charge is -2.38. The first-order valence-corrected chi connectivity index (χ1v) is 7.77. The molecule has 0 spiro atoms. The summed E-state index contributed by atoms with van der Waals surface area (Å²) in [6, 6.07) is 6.89. The first-order valence-electron chi connectivity index (χ1n) is 6.89. The van der Waals surface area contributed by atoms with Crippen LogP contribution in [0, 0.1) is 6.92 Å². The highest BCUT2D eigenvalue weighted by atomic mass is 32.1. The molecule has 3 heterocycles. The van der Waals surface area contributed by atoms with Crippen LogP contribution >= 0.6 is 11.3 Å². The van der Waals surface area contributed by atoms with E-state index in [0.29, 0.717) is 24.6 Å². The highest BCUT2D eigenvalue weighted by Gasteiger charge is 2.31. The van der Waals surface area contributed by atoms with Gasteiger partial charge in [-0.25, -0.2) is 4.79 Å². The van der Waals surface area contributed by atoms with E-state index >= 15 is 0 Å². The smallest absolute Gasteiger partial charge is 0.339 e. The van der Waals surface area contributed by atoms with Crippen LogP contribution in [0.4, 0.5) is 0 Å². The lowest BCUT2D eigenvalue weighted by Crippen LogP contribution is -2.55. The number of nitrogens with zero attached hydrogens (tertiary/aromatic N) is 1. The number of carbonyl (C=O) groups is 1. The van der Waals surface area contributed by atoms with E-state index in [1.54, 1.807) is 35.3 Å². The molecule has 0 unspecified atom stereocenters. The molecule has 0 aliphatic carbocycles. The second kappa shape index (κ2) is 6.19. The molecule has 3 rings (SSSR count). The number of carbonyl (C=O) groups excluding carboxylic acids is 1. The summed E-state index contributed by atoms with van der Waals surface area (Å²) >= 11 is 1.59. The number of hydrogen-bond acceptors (Lipinski definition) is 5. The first-order chi connectivity index (χ1) is 10.6. The predicted octanol–water partition coefficient (Wildman–Crippen LogP) is 2.31. The number of thiophene rings is 1. The highest BCUT2D eigenvalue weighted by Crippen LogP contribution is 2.18. The molecule has 0 atom stereocenters. The number of ether oxygens (including phenoxy) is 1. The van der Waals surface area contributed by atoms with Crippen molar-refractivity contribution >= 4 is 23.3 Å². The van der Waals surface area contributed by atoms with Gasteiger partial charge in [0.15, 0.2) is 0 Å². The van der Waals surface area contributed by atoms with E-state index in [1.807, 2.05) is 23.6 Å².